The van der Waals surface area contributed by atoms with Gasteiger partial charge in [0.15, 0.2) is 0 Å². The van der Waals surface area contributed by atoms with Crippen LogP contribution in [0.2, 0.25) is 0 Å². The predicted octanol–water partition coefficient (Wildman–Crippen LogP) is 4.67. The van der Waals surface area contributed by atoms with E-state index in [1.165, 1.54) is 22.3 Å². The number of carbonyl (C=O) groups is 1. The normalized spacial score (nSPS) is 16.7. The Labute approximate surface area is 155 Å². The SMILES string of the molecule is C#CCC1CCN(C(=O)OCC2c3ccccc3-c3ccccc32)CC1. The van der Waals surface area contributed by atoms with Gasteiger partial charge in [-0.2, -0.15) is 0 Å². The molecule has 1 fully saturated rings. The lowest BCUT2D eigenvalue weighted by molar-refractivity contribution is 0.0859. The summed E-state index contributed by atoms with van der Waals surface area (Å²) in [5.74, 6) is 3.38. The van der Waals surface area contributed by atoms with Crippen molar-refractivity contribution in [3.8, 4) is 23.5 Å². The number of hydrogen-bond acceptors (Lipinski definition) is 2. The van der Waals surface area contributed by atoms with E-state index >= 15 is 0 Å². The van der Waals surface area contributed by atoms with Gasteiger partial charge < -0.3 is 9.64 Å². The Kier molecular flexibility index (Phi) is 4.67. The third-order valence-corrected chi connectivity index (χ3v) is 5.62. The van der Waals surface area contributed by atoms with Crippen LogP contribution < -0.4 is 0 Å². The highest BCUT2D eigenvalue weighted by Gasteiger charge is 2.30. The highest BCUT2D eigenvalue weighted by Crippen LogP contribution is 2.44. The van der Waals surface area contributed by atoms with E-state index in [2.05, 4.69) is 54.5 Å². The maximum atomic E-state index is 12.5. The van der Waals surface area contributed by atoms with Crippen molar-refractivity contribution in [3.05, 3.63) is 59.7 Å². The molecule has 1 heterocycles. The number of piperidine rings is 1. The summed E-state index contributed by atoms with van der Waals surface area (Å²) < 4.78 is 5.72. The standard InChI is InChI=1S/C23H23NO2/c1-2-7-17-12-14-24(15-13-17)23(25)26-16-22-20-10-5-3-8-18(20)19-9-4-6-11-21(19)22/h1,3-6,8-11,17,22H,7,12-16H2. The number of carbonyl (C=O) groups excluding carboxylic acids is 1. The third kappa shape index (κ3) is 3.08. The largest absolute Gasteiger partial charge is 0.448 e. The minimum Gasteiger partial charge on any atom is -0.448 e. The van der Waals surface area contributed by atoms with E-state index in [4.69, 9.17) is 11.2 Å². The number of hydrogen-bond donors (Lipinski definition) is 0. The Morgan fingerprint density at radius 3 is 2.19 bits per heavy atom. The zero-order valence-corrected chi connectivity index (χ0v) is 14.9. The van der Waals surface area contributed by atoms with Gasteiger partial charge in [0.2, 0.25) is 0 Å². The summed E-state index contributed by atoms with van der Waals surface area (Å²) in [4.78, 5) is 14.3. The average molecular weight is 345 g/mol. The fourth-order valence-corrected chi connectivity index (χ4v) is 4.17. The van der Waals surface area contributed by atoms with Gasteiger partial charge in [-0.05, 0) is 41.0 Å². The summed E-state index contributed by atoms with van der Waals surface area (Å²) in [5.41, 5.74) is 4.99. The summed E-state index contributed by atoms with van der Waals surface area (Å²) in [5, 5.41) is 0. The number of benzene rings is 2. The molecule has 0 unspecified atom stereocenters. The fourth-order valence-electron chi connectivity index (χ4n) is 4.17. The van der Waals surface area contributed by atoms with Gasteiger partial charge in [-0.3, -0.25) is 0 Å². The molecule has 2 aromatic rings. The van der Waals surface area contributed by atoms with Gasteiger partial charge in [-0.25, -0.2) is 4.79 Å². The van der Waals surface area contributed by atoms with Crippen LogP contribution in [0.4, 0.5) is 4.79 Å². The zero-order valence-electron chi connectivity index (χ0n) is 14.9. The Bertz CT molecular complexity index is 798. The van der Waals surface area contributed by atoms with Crippen LogP contribution in [0, 0.1) is 18.3 Å². The van der Waals surface area contributed by atoms with Crippen LogP contribution in [0.15, 0.2) is 48.5 Å². The lowest BCUT2D eigenvalue weighted by Crippen LogP contribution is -2.39. The van der Waals surface area contributed by atoms with E-state index in [9.17, 15) is 4.79 Å². The molecule has 4 rings (SSSR count). The molecule has 0 atom stereocenters. The lowest BCUT2D eigenvalue weighted by Gasteiger charge is -2.30. The zero-order chi connectivity index (χ0) is 17.9. The van der Waals surface area contributed by atoms with Gasteiger partial charge in [0.25, 0.3) is 0 Å². The van der Waals surface area contributed by atoms with Crippen LogP contribution in [0.1, 0.15) is 36.3 Å². The van der Waals surface area contributed by atoms with E-state index in [-0.39, 0.29) is 12.0 Å². The van der Waals surface area contributed by atoms with Crippen LogP contribution >= 0.6 is 0 Å². The van der Waals surface area contributed by atoms with E-state index in [0.29, 0.717) is 12.5 Å². The van der Waals surface area contributed by atoms with Crippen LogP contribution in [0.25, 0.3) is 11.1 Å². The minimum atomic E-state index is -0.203. The molecule has 2 aliphatic rings. The molecule has 1 aliphatic carbocycles. The quantitative estimate of drug-likeness (QED) is 0.757. The van der Waals surface area contributed by atoms with Crippen molar-refractivity contribution in [1.82, 2.24) is 4.90 Å². The van der Waals surface area contributed by atoms with Gasteiger partial charge in [-0.1, -0.05) is 48.5 Å². The lowest BCUT2D eigenvalue weighted by atomic mass is 9.94. The number of amides is 1. The monoisotopic (exact) mass is 345 g/mol. The Hall–Kier alpha value is -2.73. The van der Waals surface area contributed by atoms with Crippen molar-refractivity contribution in [2.75, 3.05) is 19.7 Å². The number of terminal acetylenes is 1. The van der Waals surface area contributed by atoms with Crippen molar-refractivity contribution in [2.45, 2.75) is 25.2 Å². The van der Waals surface area contributed by atoms with Gasteiger partial charge in [0.05, 0.1) is 0 Å². The van der Waals surface area contributed by atoms with Crippen molar-refractivity contribution in [2.24, 2.45) is 5.92 Å². The second kappa shape index (κ2) is 7.25. The number of rotatable bonds is 3. The molecule has 0 bridgehead atoms. The van der Waals surface area contributed by atoms with Crippen LogP contribution in [-0.2, 0) is 4.74 Å². The molecule has 3 heteroatoms. The first-order valence-corrected chi connectivity index (χ1v) is 9.31. The van der Waals surface area contributed by atoms with E-state index < -0.39 is 0 Å². The summed E-state index contributed by atoms with van der Waals surface area (Å²) >= 11 is 0. The minimum absolute atomic E-state index is 0.116. The summed E-state index contributed by atoms with van der Waals surface area (Å²) in [6.07, 6.45) is 7.93. The van der Waals surface area contributed by atoms with Crippen molar-refractivity contribution in [1.29, 1.82) is 0 Å². The molecule has 0 N–H and O–H groups in total. The molecule has 0 aromatic heterocycles. The highest BCUT2D eigenvalue weighted by molar-refractivity contribution is 5.79. The first kappa shape index (κ1) is 16.7. The third-order valence-electron chi connectivity index (χ3n) is 5.62. The van der Waals surface area contributed by atoms with Crippen LogP contribution in [0.3, 0.4) is 0 Å². The summed E-state index contributed by atoms with van der Waals surface area (Å²) in [6, 6.07) is 16.8. The number of ether oxygens (including phenoxy) is 1. The van der Waals surface area contributed by atoms with Gasteiger partial charge >= 0.3 is 6.09 Å². The molecule has 1 saturated heterocycles. The molecule has 0 radical (unpaired) electrons. The van der Waals surface area contributed by atoms with Crippen LogP contribution in [-0.4, -0.2) is 30.7 Å². The van der Waals surface area contributed by atoms with Crippen molar-refractivity contribution < 1.29 is 9.53 Å². The molecule has 1 aliphatic heterocycles. The second-order valence-corrected chi connectivity index (χ2v) is 7.14. The van der Waals surface area contributed by atoms with Gasteiger partial charge in [-0.15, -0.1) is 12.3 Å². The molecule has 0 saturated carbocycles. The van der Waals surface area contributed by atoms with E-state index in [1.807, 2.05) is 4.90 Å². The molecule has 2 aromatic carbocycles. The maximum Gasteiger partial charge on any atom is 0.409 e. The molecule has 132 valence electrons. The molecule has 26 heavy (non-hydrogen) atoms. The second-order valence-electron chi connectivity index (χ2n) is 7.14. The Morgan fingerprint density at radius 1 is 1.04 bits per heavy atom. The molecule has 1 amide bonds. The maximum absolute atomic E-state index is 12.5. The predicted molar refractivity (Wildman–Crippen MR) is 103 cm³/mol. The summed E-state index contributed by atoms with van der Waals surface area (Å²) in [6.45, 7) is 1.86. The van der Waals surface area contributed by atoms with E-state index in [1.54, 1.807) is 0 Å². The average Bonchev–Trinajstić information content (AvgIpc) is 3.01. The number of nitrogens with zero attached hydrogens (tertiary/aromatic N) is 1. The topological polar surface area (TPSA) is 29.5 Å². The number of likely N-dealkylation sites (tertiary alicyclic amines) is 1. The van der Waals surface area contributed by atoms with E-state index in [0.717, 1.165) is 32.4 Å². The molecule has 3 nitrogen and oxygen atoms in total. The fraction of sp³-hybridized carbons (Fsp3) is 0.348. The Balaban J connectivity index is 1.42. The van der Waals surface area contributed by atoms with Crippen molar-refractivity contribution >= 4 is 6.09 Å². The van der Waals surface area contributed by atoms with Gasteiger partial charge in [0.1, 0.15) is 6.61 Å². The van der Waals surface area contributed by atoms with Crippen LogP contribution in [0.5, 0.6) is 0 Å². The van der Waals surface area contributed by atoms with Crippen molar-refractivity contribution in [3.63, 3.8) is 0 Å². The molecular formula is C23H23NO2. The highest BCUT2D eigenvalue weighted by atomic mass is 16.6. The first-order chi connectivity index (χ1) is 12.8. The first-order valence-electron chi connectivity index (χ1n) is 9.31. The molecular weight excluding hydrogens is 322 g/mol. The van der Waals surface area contributed by atoms with Gasteiger partial charge in [0, 0.05) is 25.4 Å². The summed E-state index contributed by atoms with van der Waals surface area (Å²) in [7, 11) is 0. The number of fused-ring (bicyclic) bond motifs is 3. The molecule has 0 spiro atoms. The Morgan fingerprint density at radius 2 is 1.62 bits per heavy atom. The smallest absolute Gasteiger partial charge is 0.409 e.